The van der Waals surface area contributed by atoms with Crippen LogP contribution in [0.5, 0.6) is 0 Å². The predicted octanol–water partition coefficient (Wildman–Crippen LogP) is 3.84. The van der Waals surface area contributed by atoms with Crippen LogP contribution in [0.2, 0.25) is 0 Å². The quantitative estimate of drug-likeness (QED) is 0.479. The van der Waals surface area contributed by atoms with Crippen molar-refractivity contribution < 1.29 is 0 Å². The summed E-state index contributed by atoms with van der Waals surface area (Å²) in [4.78, 5) is 26.9. The minimum absolute atomic E-state index is 0.141. The van der Waals surface area contributed by atoms with Gasteiger partial charge < -0.3 is 15.3 Å². The molecule has 3 heterocycles. The minimum atomic E-state index is -0.141. The molecule has 6 heteroatoms. The second-order valence-electron chi connectivity index (χ2n) is 6.82. The number of rotatable bonds is 6. The number of hydrogen-bond donors (Lipinski definition) is 3. The summed E-state index contributed by atoms with van der Waals surface area (Å²) in [5.74, 6) is 1.35. The maximum atomic E-state index is 11.8. The molecule has 0 atom stereocenters. The first-order valence-electron chi connectivity index (χ1n) is 9.50. The summed E-state index contributed by atoms with van der Waals surface area (Å²) in [5.41, 5.74) is 5.14. The third kappa shape index (κ3) is 3.67. The molecule has 0 radical (unpaired) electrons. The van der Waals surface area contributed by atoms with E-state index in [1.54, 1.807) is 6.20 Å². The third-order valence-corrected chi connectivity index (χ3v) is 4.90. The van der Waals surface area contributed by atoms with Gasteiger partial charge in [-0.25, -0.2) is 9.97 Å². The highest BCUT2D eigenvalue weighted by Gasteiger charge is 2.08. The lowest BCUT2D eigenvalue weighted by molar-refractivity contribution is 0.983. The molecule has 0 amide bonds. The van der Waals surface area contributed by atoms with Gasteiger partial charge in [0.25, 0.3) is 5.56 Å². The van der Waals surface area contributed by atoms with Gasteiger partial charge in [0.2, 0.25) is 0 Å². The molecule has 0 saturated carbocycles. The molecule has 6 nitrogen and oxygen atoms in total. The Morgan fingerprint density at radius 2 is 1.96 bits per heavy atom. The molecule has 0 aliphatic rings. The predicted molar refractivity (Wildman–Crippen MR) is 113 cm³/mol. The molecule has 3 N–H and O–H groups in total. The lowest BCUT2D eigenvalue weighted by atomic mass is 10.1. The number of aryl methyl sites for hydroxylation is 2. The zero-order valence-corrected chi connectivity index (χ0v) is 16.0. The molecule has 0 aliphatic heterocycles. The summed E-state index contributed by atoms with van der Waals surface area (Å²) in [6, 6.07) is 13.7. The Kier molecular flexibility index (Phi) is 4.93. The van der Waals surface area contributed by atoms with Crippen LogP contribution in [0.25, 0.3) is 22.3 Å². The number of anilines is 1. The molecule has 0 unspecified atom stereocenters. The van der Waals surface area contributed by atoms with Crippen LogP contribution in [0.1, 0.15) is 23.9 Å². The number of pyridine rings is 1. The number of benzene rings is 1. The van der Waals surface area contributed by atoms with Crippen LogP contribution in [-0.2, 0) is 12.8 Å². The molecule has 4 rings (SSSR count). The largest absolute Gasteiger partial charge is 0.370 e. The highest BCUT2D eigenvalue weighted by Crippen LogP contribution is 2.22. The van der Waals surface area contributed by atoms with Gasteiger partial charge in [-0.1, -0.05) is 25.1 Å². The van der Waals surface area contributed by atoms with Crippen molar-refractivity contribution in [2.45, 2.75) is 26.7 Å². The highest BCUT2D eigenvalue weighted by atomic mass is 16.1. The summed E-state index contributed by atoms with van der Waals surface area (Å²) < 4.78 is 0. The molecule has 3 aromatic heterocycles. The van der Waals surface area contributed by atoms with Crippen molar-refractivity contribution in [3.63, 3.8) is 0 Å². The first-order chi connectivity index (χ1) is 13.6. The Morgan fingerprint density at radius 1 is 1.11 bits per heavy atom. The summed E-state index contributed by atoms with van der Waals surface area (Å²) in [5, 5.41) is 4.64. The average molecular weight is 373 g/mol. The van der Waals surface area contributed by atoms with E-state index in [9.17, 15) is 4.79 Å². The van der Waals surface area contributed by atoms with E-state index in [0.29, 0.717) is 5.82 Å². The number of para-hydroxylation sites is 1. The first-order valence-corrected chi connectivity index (χ1v) is 9.50. The summed E-state index contributed by atoms with van der Waals surface area (Å²) in [6.07, 6.45) is 3.36. The van der Waals surface area contributed by atoms with Crippen LogP contribution in [0.3, 0.4) is 0 Å². The number of aromatic nitrogens is 4. The zero-order chi connectivity index (χ0) is 19.5. The van der Waals surface area contributed by atoms with Crippen molar-refractivity contribution in [3.8, 4) is 11.4 Å². The molecule has 0 saturated heterocycles. The fourth-order valence-corrected chi connectivity index (χ4v) is 3.44. The number of hydrogen-bond acceptors (Lipinski definition) is 4. The van der Waals surface area contributed by atoms with E-state index < -0.39 is 0 Å². The fourth-order valence-electron chi connectivity index (χ4n) is 3.44. The minimum Gasteiger partial charge on any atom is -0.370 e. The number of nitrogens with one attached hydrogen (secondary N) is 3. The molecule has 28 heavy (non-hydrogen) atoms. The first kappa shape index (κ1) is 18.0. The van der Waals surface area contributed by atoms with Gasteiger partial charge in [0.1, 0.15) is 11.6 Å². The van der Waals surface area contributed by atoms with Gasteiger partial charge in [0, 0.05) is 46.7 Å². The van der Waals surface area contributed by atoms with E-state index in [1.807, 2.05) is 25.1 Å². The summed E-state index contributed by atoms with van der Waals surface area (Å²) in [7, 11) is 0. The van der Waals surface area contributed by atoms with E-state index in [4.69, 9.17) is 0 Å². The van der Waals surface area contributed by atoms with Crippen LogP contribution < -0.4 is 10.9 Å². The molecule has 0 aliphatic carbocycles. The van der Waals surface area contributed by atoms with Crippen molar-refractivity contribution in [1.82, 2.24) is 19.9 Å². The Balaban J connectivity index is 1.44. The monoisotopic (exact) mass is 373 g/mol. The zero-order valence-electron chi connectivity index (χ0n) is 16.0. The second-order valence-corrected chi connectivity index (χ2v) is 6.82. The Morgan fingerprint density at radius 3 is 2.75 bits per heavy atom. The molecule has 4 aromatic rings. The molecule has 0 bridgehead atoms. The number of fused-ring (bicyclic) bond motifs is 1. The van der Waals surface area contributed by atoms with Crippen molar-refractivity contribution in [1.29, 1.82) is 0 Å². The van der Waals surface area contributed by atoms with Crippen LogP contribution in [-0.4, -0.2) is 26.5 Å². The van der Waals surface area contributed by atoms with Gasteiger partial charge in [0.15, 0.2) is 0 Å². The number of H-pyrrole nitrogens is 2. The Bertz CT molecular complexity index is 1160. The Labute approximate surface area is 163 Å². The lowest BCUT2D eigenvalue weighted by Gasteiger charge is -2.07. The second kappa shape index (κ2) is 7.68. The Hall–Kier alpha value is -3.41. The van der Waals surface area contributed by atoms with Crippen molar-refractivity contribution in [2.75, 3.05) is 11.9 Å². The van der Waals surface area contributed by atoms with Crippen molar-refractivity contribution >= 4 is 16.7 Å². The SMILES string of the molecule is CCc1cc(=O)[nH]c(-c2ccc(NCCc3c(C)[nH]c4ccccc34)nc2)n1. The van der Waals surface area contributed by atoms with Crippen LogP contribution in [0.4, 0.5) is 5.82 Å². The van der Waals surface area contributed by atoms with E-state index in [2.05, 4.69) is 50.4 Å². The van der Waals surface area contributed by atoms with Crippen LogP contribution >= 0.6 is 0 Å². The van der Waals surface area contributed by atoms with E-state index >= 15 is 0 Å². The summed E-state index contributed by atoms with van der Waals surface area (Å²) >= 11 is 0. The van der Waals surface area contributed by atoms with E-state index in [-0.39, 0.29) is 5.56 Å². The van der Waals surface area contributed by atoms with Gasteiger partial charge in [-0.3, -0.25) is 4.79 Å². The maximum absolute atomic E-state index is 11.8. The van der Waals surface area contributed by atoms with Gasteiger partial charge in [-0.05, 0) is 43.5 Å². The number of aromatic amines is 2. The lowest BCUT2D eigenvalue weighted by Crippen LogP contribution is -2.10. The average Bonchev–Trinajstić information content (AvgIpc) is 3.03. The normalized spacial score (nSPS) is 11.1. The molecule has 0 spiro atoms. The van der Waals surface area contributed by atoms with E-state index in [0.717, 1.165) is 36.5 Å². The molecule has 1 aromatic carbocycles. The van der Waals surface area contributed by atoms with Crippen molar-refractivity contribution in [2.24, 2.45) is 0 Å². The van der Waals surface area contributed by atoms with Crippen LogP contribution in [0, 0.1) is 6.92 Å². The maximum Gasteiger partial charge on any atom is 0.251 e. The molecule has 0 fully saturated rings. The van der Waals surface area contributed by atoms with Crippen molar-refractivity contribution in [3.05, 3.63) is 76.0 Å². The van der Waals surface area contributed by atoms with Gasteiger partial charge >= 0.3 is 0 Å². The molecule has 142 valence electrons. The molecular weight excluding hydrogens is 350 g/mol. The topological polar surface area (TPSA) is 86.5 Å². The summed E-state index contributed by atoms with van der Waals surface area (Å²) in [6.45, 7) is 4.88. The van der Waals surface area contributed by atoms with Gasteiger partial charge in [0.05, 0.1) is 0 Å². The fraction of sp³-hybridized carbons (Fsp3) is 0.227. The smallest absolute Gasteiger partial charge is 0.251 e. The molecular formula is C22H23N5O. The standard InChI is InChI=1S/C22H23N5O/c1-3-16-12-21(28)27-22(26-16)15-8-9-20(24-13-15)23-11-10-17-14(2)25-19-7-5-4-6-18(17)19/h4-9,12-13,25H,3,10-11H2,1-2H3,(H,23,24)(H,26,27,28). The van der Waals surface area contributed by atoms with Gasteiger partial charge in [-0.2, -0.15) is 0 Å². The number of nitrogens with zero attached hydrogens (tertiary/aromatic N) is 2. The van der Waals surface area contributed by atoms with E-state index in [1.165, 1.54) is 28.2 Å². The van der Waals surface area contributed by atoms with Crippen LogP contribution in [0.15, 0.2) is 53.5 Å². The third-order valence-electron chi connectivity index (χ3n) is 4.90. The highest BCUT2D eigenvalue weighted by molar-refractivity contribution is 5.84. The van der Waals surface area contributed by atoms with Gasteiger partial charge in [-0.15, -0.1) is 0 Å².